The van der Waals surface area contributed by atoms with Crippen molar-refractivity contribution in [3.05, 3.63) is 92.9 Å². The van der Waals surface area contributed by atoms with Crippen molar-refractivity contribution in [1.29, 1.82) is 0 Å². The molecular weight excluding hydrogens is 574 g/mol. The van der Waals surface area contributed by atoms with Crippen LogP contribution in [0.25, 0.3) is 0 Å². The molecule has 0 aliphatic heterocycles. The lowest BCUT2D eigenvalue weighted by molar-refractivity contribution is -0.134. The molecule has 234 valence electrons. The number of aromatic nitrogens is 2. The van der Waals surface area contributed by atoms with E-state index in [9.17, 15) is 31.9 Å². The molecule has 9 nitrogen and oxygen atoms in total. The number of ether oxygens (including phenoxy) is 1. The number of benzene rings is 2. The van der Waals surface area contributed by atoms with Crippen LogP contribution in [0.4, 0.5) is 17.6 Å². The first-order valence-electron chi connectivity index (χ1n) is 13.2. The number of carboxylic acid groups (broad SMARTS) is 1. The first-order valence-corrected chi connectivity index (χ1v) is 13.2. The van der Waals surface area contributed by atoms with E-state index >= 15 is 0 Å². The highest BCUT2D eigenvalue weighted by atomic mass is 19.2. The summed E-state index contributed by atoms with van der Waals surface area (Å²) < 4.78 is 59.4. The Bertz CT molecular complexity index is 1460. The lowest BCUT2D eigenvalue weighted by Crippen LogP contribution is -2.35. The van der Waals surface area contributed by atoms with Crippen LogP contribution >= 0.6 is 0 Å². The quantitative estimate of drug-likeness (QED) is 0.269. The summed E-state index contributed by atoms with van der Waals surface area (Å²) in [4.78, 5) is 46.0. The van der Waals surface area contributed by atoms with Crippen molar-refractivity contribution in [2.45, 2.75) is 59.9 Å². The summed E-state index contributed by atoms with van der Waals surface area (Å²) in [6.07, 6.45) is 1.04. The SMILES string of the molecule is CC.CC(=O)O.CC(C)(C)c1cccc(Cn2nccc(CC(=O)NCC(=O)COc3c(F)c(F)cc(F)c3F)c2=O)c1. The fourth-order valence-electron chi connectivity index (χ4n) is 3.36. The van der Waals surface area contributed by atoms with E-state index in [-0.39, 0.29) is 30.0 Å². The molecule has 0 atom stereocenters. The van der Waals surface area contributed by atoms with Crippen molar-refractivity contribution in [1.82, 2.24) is 15.1 Å². The molecule has 3 rings (SSSR count). The summed E-state index contributed by atoms with van der Waals surface area (Å²) in [5.41, 5.74) is 1.54. The second-order valence-corrected chi connectivity index (χ2v) is 9.87. The van der Waals surface area contributed by atoms with Crippen molar-refractivity contribution in [2.75, 3.05) is 13.2 Å². The van der Waals surface area contributed by atoms with Crippen LogP contribution < -0.4 is 15.6 Å². The van der Waals surface area contributed by atoms with E-state index in [4.69, 9.17) is 9.90 Å². The number of nitrogens with one attached hydrogen (secondary N) is 1. The molecular formula is C30H35F4N3O6. The molecule has 1 aromatic heterocycles. The van der Waals surface area contributed by atoms with Crippen LogP contribution in [0.5, 0.6) is 5.75 Å². The average molecular weight is 610 g/mol. The third kappa shape index (κ3) is 11.7. The van der Waals surface area contributed by atoms with Crippen molar-refractivity contribution >= 4 is 17.7 Å². The van der Waals surface area contributed by atoms with Gasteiger partial charge in [-0.25, -0.2) is 13.5 Å². The van der Waals surface area contributed by atoms with E-state index in [2.05, 4.69) is 35.9 Å². The fourth-order valence-corrected chi connectivity index (χ4v) is 3.36. The Morgan fingerprint density at radius 3 is 2.14 bits per heavy atom. The van der Waals surface area contributed by atoms with Gasteiger partial charge in [0.2, 0.25) is 17.5 Å². The summed E-state index contributed by atoms with van der Waals surface area (Å²) in [7, 11) is 0. The summed E-state index contributed by atoms with van der Waals surface area (Å²) in [6.45, 7) is 9.95. The van der Waals surface area contributed by atoms with Gasteiger partial charge in [0.05, 0.1) is 19.5 Å². The third-order valence-corrected chi connectivity index (χ3v) is 5.40. The Balaban J connectivity index is 0.00000142. The molecule has 0 aliphatic rings. The Morgan fingerprint density at radius 1 is 1.00 bits per heavy atom. The molecule has 0 bridgehead atoms. The van der Waals surface area contributed by atoms with Crippen molar-refractivity contribution in [3.63, 3.8) is 0 Å². The largest absolute Gasteiger partial charge is 0.481 e. The Kier molecular flexibility index (Phi) is 14.2. The minimum atomic E-state index is -1.78. The number of carbonyl (C=O) groups excluding carboxylic acids is 2. The number of nitrogens with zero attached hydrogens (tertiary/aromatic N) is 2. The van der Waals surface area contributed by atoms with Gasteiger partial charge in [-0.2, -0.15) is 13.9 Å². The van der Waals surface area contributed by atoms with Crippen LogP contribution in [0.15, 0.2) is 47.4 Å². The van der Waals surface area contributed by atoms with E-state index in [1.165, 1.54) is 16.9 Å². The normalized spacial score (nSPS) is 10.5. The molecule has 43 heavy (non-hydrogen) atoms. The standard InChI is InChI=1S/C26H25F4N3O4.C2H4O2.C2H6/c1-26(2,3)17-6-4-5-15(9-17)13-33-25(36)16(7-8-32-33)10-21(35)31-12-18(34)14-37-24-22(29)19(27)11-20(28)23(24)30;1-2(3)4;1-2/h4-9,11H,10,12-14H2,1-3H3,(H,31,35);1H3,(H,3,4);1-2H3. The lowest BCUT2D eigenvalue weighted by atomic mass is 9.86. The zero-order chi connectivity index (χ0) is 32.9. The summed E-state index contributed by atoms with van der Waals surface area (Å²) in [5.74, 6) is -10.6. The number of halogens is 4. The van der Waals surface area contributed by atoms with Crippen LogP contribution in [0.1, 0.15) is 58.2 Å². The van der Waals surface area contributed by atoms with Gasteiger partial charge in [-0.15, -0.1) is 0 Å². The van der Waals surface area contributed by atoms with Gasteiger partial charge in [0.15, 0.2) is 23.2 Å². The van der Waals surface area contributed by atoms with Gasteiger partial charge in [0.25, 0.3) is 11.5 Å². The second kappa shape index (κ2) is 16.8. The van der Waals surface area contributed by atoms with Crippen molar-refractivity contribution in [2.24, 2.45) is 0 Å². The molecule has 13 heteroatoms. The highest BCUT2D eigenvalue weighted by Gasteiger charge is 2.21. The van der Waals surface area contributed by atoms with Crippen LogP contribution in [-0.2, 0) is 32.8 Å². The molecule has 0 saturated carbocycles. The van der Waals surface area contributed by atoms with Crippen LogP contribution in [-0.4, -0.2) is 45.7 Å². The van der Waals surface area contributed by atoms with Crippen LogP contribution in [0, 0.1) is 23.3 Å². The van der Waals surface area contributed by atoms with E-state index < -0.39 is 65.4 Å². The zero-order valence-electron chi connectivity index (χ0n) is 24.8. The zero-order valence-corrected chi connectivity index (χ0v) is 24.8. The number of carboxylic acids is 1. The maximum absolute atomic E-state index is 13.6. The molecule has 1 heterocycles. The van der Waals surface area contributed by atoms with Crippen molar-refractivity contribution in [3.8, 4) is 5.75 Å². The van der Waals surface area contributed by atoms with Gasteiger partial charge in [0, 0.05) is 24.8 Å². The summed E-state index contributed by atoms with van der Waals surface area (Å²) in [6, 6.07) is 9.14. The van der Waals surface area contributed by atoms with E-state index in [0.717, 1.165) is 18.1 Å². The molecule has 0 aliphatic carbocycles. The van der Waals surface area contributed by atoms with Gasteiger partial charge in [-0.1, -0.05) is 58.9 Å². The van der Waals surface area contributed by atoms with E-state index in [0.29, 0.717) is 0 Å². The molecule has 0 spiro atoms. The van der Waals surface area contributed by atoms with Crippen LogP contribution in [0.2, 0.25) is 0 Å². The number of hydrogen-bond donors (Lipinski definition) is 2. The first kappa shape index (κ1) is 36.5. The lowest BCUT2D eigenvalue weighted by Gasteiger charge is -2.19. The number of amides is 1. The molecule has 0 saturated heterocycles. The third-order valence-electron chi connectivity index (χ3n) is 5.40. The number of rotatable bonds is 9. The Labute approximate surface area is 246 Å². The molecule has 3 aromatic rings. The Hall–Kier alpha value is -4.55. The molecule has 0 radical (unpaired) electrons. The number of Topliss-reactive ketones (excluding diaryl/α,β-unsaturated/α-hetero) is 1. The average Bonchev–Trinajstić information content (AvgIpc) is 2.93. The highest BCUT2D eigenvalue weighted by Crippen LogP contribution is 2.26. The molecule has 2 N–H and O–H groups in total. The minimum Gasteiger partial charge on any atom is -0.481 e. The van der Waals surface area contributed by atoms with Gasteiger partial charge >= 0.3 is 0 Å². The predicted molar refractivity (Wildman–Crippen MR) is 151 cm³/mol. The number of ketones is 1. The first-order chi connectivity index (χ1) is 20.1. The fraction of sp³-hybridized carbons (Fsp3) is 0.367. The number of aliphatic carboxylic acids is 1. The number of carbonyl (C=O) groups is 3. The maximum atomic E-state index is 13.6. The predicted octanol–water partition coefficient (Wildman–Crippen LogP) is 4.57. The van der Waals surface area contributed by atoms with E-state index in [1.54, 1.807) is 0 Å². The minimum absolute atomic E-state index is 0.00955. The molecule has 0 fully saturated rings. The summed E-state index contributed by atoms with van der Waals surface area (Å²) >= 11 is 0. The van der Waals surface area contributed by atoms with E-state index in [1.807, 2.05) is 38.1 Å². The molecule has 0 unspecified atom stereocenters. The second-order valence-electron chi connectivity index (χ2n) is 9.87. The summed E-state index contributed by atoms with van der Waals surface area (Å²) in [5, 5.41) is 13.8. The van der Waals surface area contributed by atoms with Gasteiger partial charge in [-0.05, 0) is 22.6 Å². The molecule has 1 amide bonds. The maximum Gasteiger partial charge on any atom is 0.300 e. The van der Waals surface area contributed by atoms with Crippen molar-refractivity contribution < 1.29 is 41.8 Å². The van der Waals surface area contributed by atoms with Gasteiger partial charge < -0.3 is 15.2 Å². The number of hydrogen-bond acceptors (Lipinski definition) is 6. The smallest absolute Gasteiger partial charge is 0.300 e. The van der Waals surface area contributed by atoms with Crippen LogP contribution in [0.3, 0.4) is 0 Å². The van der Waals surface area contributed by atoms with Gasteiger partial charge in [-0.3, -0.25) is 19.2 Å². The monoisotopic (exact) mass is 609 g/mol. The molecule has 2 aromatic carbocycles. The Morgan fingerprint density at radius 2 is 1.58 bits per heavy atom. The topological polar surface area (TPSA) is 128 Å². The highest BCUT2D eigenvalue weighted by molar-refractivity contribution is 5.87. The van der Waals surface area contributed by atoms with Gasteiger partial charge in [0.1, 0.15) is 6.61 Å².